The molecule has 2 aliphatic heterocycles. The van der Waals surface area contributed by atoms with Crippen LogP contribution in [0, 0.1) is 0 Å². The lowest BCUT2D eigenvalue weighted by Crippen LogP contribution is -2.32. The summed E-state index contributed by atoms with van der Waals surface area (Å²) in [5.74, 6) is 0. The van der Waals surface area contributed by atoms with Gasteiger partial charge in [0.1, 0.15) is 5.15 Å². The third kappa shape index (κ3) is 3.76. The molecular formula is C20H26ClN3O. The van der Waals surface area contributed by atoms with Crippen molar-refractivity contribution >= 4 is 28.2 Å². The summed E-state index contributed by atoms with van der Waals surface area (Å²) in [6.45, 7) is 4.71. The Hall–Kier alpha value is -1.36. The van der Waals surface area contributed by atoms with Crippen molar-refractivity contribution in [3.05, 3.63) is 35.0 Å². The number of ether oxygens (including phenoxy) is 1. The molecule has 0 unspecified atom stereocenters. The predicted molar refractivity (Wildman–Crippen MR) is 103 cm³/mol. The fourth-order valence-corrected chi connectivity index (χ4v) is 4.25. The van der Waals surface area contributed by atoms with Crippen molar-refractivity contribution in [1.29, 1.82) is 0 Å². The van der Waals surface area contributed by atoms with Crippen LogP contribution in [0.4, 0.5) is 5.69 Å². The fraction of sp³-hybridized carbons (Fsp3) is 0.550. The summed E-state index contributed by atoms with van der Waals surface area (Å²) in [4.78, 5) is 7.15. The van der Waals surface area contributed by atoms with E-state index < -0.39 is 0 Å². The molecule has 2 aromatic rings. The number of aromatic nitrogens is 1. The molecule has 2 aliphatic rings. The molecule has 25 heavy (non-hydrogen) atoms. The number of hydrogen-bond acceptors (Lipinski definition) is 4. The van der Waals surface area contributed by atoms with Crippen LogP contribution in [0.25, 0.3) is 10.9 Å². The molecule has 1 aromatic heterocycles. The molecule has 5 heteroatoms. The van der Waals surface area contributed by atoms with E-state index in [0.717, 1.165) is 50.3 Å². The van der Waals surface area contributed by atoms with Gasteiger partial charge in [0.25, 0.3) is 0 Å². The normalized spacial score (nSPS) is 21.2. The third-order valence-corrected chi connectivity index (χ3v) is 5.60. The van der Waals surface area contributed by atoms with Crippen molar-refractivity contribution < 1.29 is 4.74 Å². The minimum absolute atomic E-state index is 0.339. The highest BCUT2D eigenvalue weighted by Crippen LogP contribution is 2.35. The molecule has 0 spiro atoms. The summed E-state index contributed by atoms with van der Waals surface area (Å²) < 4.78 is 5.72. The van der Waals surface area contributed by atoms with E-state index in [1.54, 1.807) is 0 Å². The number of hydrogen-bond donors (Lipinski definition) is 1. The summed E-state index contributed by atoms with van der Waals surface area (Å²) >= 11 is 6.61. The number of pyridine rings is 1. The van der Waals surface area contributed by atoms with E-state index in [0.29, 0.717) is 11.3 Å². The van der Waals surface area contributed by atoms with E-state index in [2.05, 4.69) is 33.4 Å². The van der Waals surface area contributed by atoms with Gasteiger partial charge in [0.2, 0.25) is 0 Å². The molecule has 134 valence electrons. The van der Waals surface area contributed by atoms with Crippen LogP contribution < -0.4 is 10.2 Å². The SMILES string of the molecule is Clc1nc2ccccc2c(N2CCCCC2)c1CNC[C@H]1CCCO1. The van der Waals surface area contributed by atoms with Gasteiger partial charge in [-0.1, -0.05) is 29.8 Å². The van der Waals surface area contributed by atoms with E-state index in [9.17, 15) is 0 Å². The zero-order chi connectivity index (χ0) is 17.1. The van der Waals surface area contributed by atoms with Crippen molar-refractivity contribution in [3.8, 4) is 0 Å². The molecule has 0 amide bonds. The zero-order valence-electron chi connectivity index (χ0n) is 14.6. The lowest BCUT2D eigenvalue weighted by atomic mass is 10.0. The summed E-state index contributed by atoms with van der Waals surface area (Å²) in [6.07, 6.45) is 6.47. The van der Waals surface area contributed by atoms with Crippen LogP contribution in [-0.4, -0.2) is 37.3 Å². The molecule has 0 saturated carbocycles. The first-order valence-electron chi connectivity index (χ1n) is 9.47. The van der Waals surface area contributed by atoms with E-state index in [-0.39, 0.29) is 0 Å². The summed E-state index contributed by atoms with van der Waals surface area (Å²) in [5, 5.41) is 5.39. The average Bonchev–Trinajstić information content (AvgIpc) is 3.16. The predicted octanol–water partition coefficient (Wildman–Crippen LogP) is 4.15. The van der Waals surface area contributed by atoms with Crippen molar-refractivity contribution in [1.82, 2.24) is 10.3 Å². The number of nitrogens with one attached hydrogen (secondary N) is 1. The highest BCUT2D eigenvalue weighted by Gasteiger charge is 2.21. The van der Waals surface area contributed by atoms with Gasteiger partial charge in [-0.25, -0.2) is 4.98 Å². The first-order valence-corrected chi connectivity index (χ1v) is 9.85. The van der Waals surface area contributed by atoms with Gasteiger partial charge in [0.15, 0.2) is 0 Å². The van der Waals surface area contributed by atoms with Crippen molar-refractivity contribution in [2.24, 2.45) is 0 Å². The minimum Gasteiger partial charge on any atom is -0.377 e. The van der Waals surface area contributed by atoms with Gasteiger partial charge in [0.05, 0.1) is 17.3 Å². The average molecular weight is 360 g/mol. The maximum atomic E-state index is 6.61. The number of benzene rings is 1. The van der Waals surface area contributed by atoms with Gasteiger partial charge in [-0.05, 0) is 38.2 Å². The van der Waals surface area contributed by atoms with Crippen LogP contribution in [0.2, 0.25) is 5.15 Å². The molecule has 2 fully saturated rings. The van der Waals surface area contributed by atoms with Gasteiger partial charge in [-0.2, -0.15) is 0 Å². The molecular weight excluding hydrogens is 334 g/mol. The van der Waals surface area contributed by atoms with Crippen molar-refractivity contribution in [2.45, 2.75) is 44.8 Å². The molecule has 1 aromatic carbocycles. The largest absolute Gasteiger partial charge is 0.377 e. The number of nitrogens with zero attached hydrogens (tertiary/aromatic N) is 2. The van der Waals surface area contributed by atoms with Gasteiger partial charge in [-0.3, -0.25) is 0 Å². The zero-order valence-corrected chi connectivity index (χ0v) is 15.4. The maximum Gasteiger partial charge on any atom is 0.136 e. The van der Waals surface area contributed by atoms with E-state index in [1.165, 1.54) is 36.8 Å². The fourth-order valence-electron chi connectivity index (χ4n) is 4.00. The highest BCUT2D eigenvalue weighted by atomic mass is 35.5. The Morgan fingerprint density at radius 3 is 2.80 bits per heavy atom. The summed E-state index contributed by atoms with van der Waals surface area (Å²) in [7, 11) is 0. The van der Waals surface area contributed by atoms with Crippen LogP contribution in [0.5, 0.6) is 0 Å². The quantitative estimate of drug-likeness (QED) is 0.814. The second kappa shape index (κ2) is 7.90. The molecule has 1 N–H and O–H groups in total. The molecule has 4 nitrogen and oxygen atoms in total. The summed E-state index contributed by atoms with van der Waals surface area (Å²) in [5.41, 5.74) is 3.38. The van der Waals surface area contributed by atoms with Crippen molar-refractivity contribution in [2.75, 3.05) is 31.1 Å². The smallest absolute Gasteiger partial charge is 0.136 e. The standard InChI is InChI=1S/C20H26ClN3O/c21-20-17(14-22-13-15-7-6-12-25-15)19(24-10-4-1-5-11-24)16-8-2-3-9-18(16)23-20/h2-3,8-9,15,22H,1,4-7,10-14H2/t15-/m1/s1. The molecule has 0 bridgehead atoms. The Labute approximate surface area is 154 Å². The Morgan fingerprint density at radius 2 is 2.00 bits per heavy atom. The van der Waals surface area contributed by atoms with Gasteiger partial charge < -0.3 is 15.0 Å². The van der Waals surface area contributed by atoms with Crippen LogP contribution in [-0.2, 0) is 11.3 Å². The van der Waals surface area contributed by atoms with Crippen LogP contribution in [0.3, 0.4) is 0 Å². The Bertz CT molecular complexity index is 724. The number of fused-ring (bicyclic) bond motifs is 1. The van der Waals surface area contributed by atoms with Crippen LogP contribution >= 0.6 is 11.6 Å². The van der Waals surface area contributed by atoms with Gasteiger partial charge in [0, 0.05) is 43.7 Å². The number of anilines is 1. The first-order chi connectivity index (χ1) is 12.3. The Kier molecular flexibility index (Phi) is 5.39. The van der Waals surface area contributed by atoms with Gasteiger partial charge >= 0.3 is 0 Å². The number of piperidine rings is 1. The summed E-state index contributed by atoms with van der Waals surface area (Å²) in [6, 6.07) is 8.35. The van der Waals surface area contributed by atoms with E-state index in [1.807, 2.05) is 6.07 Å². The monoisotopic (exact) mass is 359 g/mol. The first kappa shape index (κ1) is 17.1. The second-order valence-corrected chi connectivity index (χ2v) is 7.42. The lowest BCUT2D eigenvalue weighted by molar-refractivity contribution is 0.110. The minimum atomic E-state index is 0.339. The van der Waals surface area contributed by atoms with Crippen LogP contribution in [0.1, 0.15) is 37.7 Å². The lowest BCUT2D eigenvalue weighted by Gasteiger charge is -2.32. The number of rotatable bonds is 5. The second-order valence-electron chi connectivity index (χ2n) is 7.06. The van der Waals surface area contributed by atoms with E-state index in [4.69, 9.17) is 16.3 Å². The maximum absolute atomic E-state index is 6.61. The topological polar surface area (TPSA) is 37.4 Å². The molecule has 4 rings (SSSR count). The van der Waals surface area contributed by atoms with Crippen molar-refractivity contribution in [3.63, 3.8) is 0 Å². The molecule has 1 atom stereocenters. The van der Waals surface area contributed by atoms with Crippen LogP contribution in [0.15, 0.2) is 24.3 Å². The number of para-hydroxylation sites is 1. The Balaban J connectivity index is 1.64. The van der Waals surface area contributed by atoms with Gasteiger partial charge in [-0.15, -0.1) is 0 Å². The van der Waals surface area contributed by atoms with E-state index >= 15 is 0 Å². The highest BCUT2D eigenvalue weighted by molar-refractivity contribution is 6.31. The molecule has 3 heterocycles. The molecule has 2 saturated heterocycles. The molecule has 0 radical (unpaired) electrons. The number of halogens is 1. The third-order valence-electron chi connectivity index (χ3n) is 5.28. The molecule has 0 aliphatic carbocycles. The Morgan fingerprint density at radius 1 is 1.16 bits per heavy atom.